The van der Waals surface area contributed by atoms with Gasteiger partial charge in [-0.2, -0.15) is 15.4 Å². The average Bonchev–Trinajstić information content (AvgIpc) is 3.48. The third kappa shape index (κ3) is 4.31. The standard InChI is InChI=1S/C26H28N6O/c1-2-3-4-5-6-7-11-18-16-19(20-12-10-13-21-26(20)28-31-27-21)17-22-25(18)30-32(29-22)23-14-8-9-15-24(23)33/h8-10,12-17,33H,2-7,11H2,1H3,(H,27,28,31). The van der Waals surface area contributed by atoms with Crippen molar-refractivity contribution >= 4 is 22.1 Å². The molecule has 0 saturated carbocycles. The summed E-state index contributed by atoms with van der Waals surface area (Å²) in [6, 6.07) is 17.4. The van der Waals surface area contributed by atoms with Crippen LogP contribution in [-0.4, -0.2) is 35.5 Å². The Morgan fingerprint density at radius 3 is 2.55 bits per heavy atom. The predicted octanol–water partition coefficient (Wildman–Crippen LogP) is 5.97. The number of aryl methyl sites for hydroxylation is 1. The summed E-state index contributed by atoms with van der Waals surface area (Å²) in [6.07, 6.45) is 8.37. The van der Waals surface area contributed by atoms with Gasteiger partial charge in [-0.15, -0.1) is 15.0 Å². The summed E-state index contributed by atoms with van der Waals surface area (Å²) in [6.45, 7) is 2.24. The highest BCUT2D eigenvalue weighted by Gasteiger charge is 2.16. The van der Waals surface area contributed by atoms with Crippen LogP contribution in [0.25, 0.3) is 38.9 Å². The lowest BCUT2D eigenvalue weighted by Crippen LogP contribution is -1.98. The van der Waals surface area contributed by atoms with Crippen molar-refractivity contribution in [1.29, 1.82) is 0 Å². The van der Waals surface area contributed by atoms with Crippen molar-refractivity contribution in [3.8, 4) is 22.6 Å². The number of aromatic amines is 1. The molecule has 0 unspecified atom stereocenters. The van der Waals surface area contributed by atoms with Crippen molar-refractivity contribution < 1.29 is 5.11 Å². The molecule has 2 N–H and O–H groups in total. The van der Waals surface area contributed by atoms with Crippen LogP contribution in [-0.2, 0) is 6.42 Å². The van der Waals surface area contributed by atoms with Gasteiger partial charge in [-0.25, -0.2) is 0 Å². The lowest BCUT2D eigenvalue weighted by atomic mass is 9.97. The van der Waals surface area contributed by atoms with E-state index in [1.54, 1.807) is 12.1 Å². The Bertz CT molecular complexity index is 1390. The van der Waals surface area contributed by atoms with E-state index >= 15 is 0 Å². The fourth-order valence-electron chi connectivity index (χ4n) is 4.37. The van der Waals surface area contributed by atoms with Gasteiger partial charge >= 0.3 is 0 Å². The van der Waals surface area contributed by atoms with Crippen LogP contribution in [0.15, 0.2) is 54.6 Å². The lowest BCUT2D eigenvalue weighted by Gasteiger charge is -2.07. The molecule has 2 heterocycles. The van der Waals surface area contributed by atoms with Crippen LogP contribution in [0.3, 0.4) is 0 Å². The maximum Gasteiger partial charge on any atom is 0.143 e. The molecule has 0 aliphatic carbocycles. The van der Waals surface area contributed by atoms with Crippen LogP contribution in [0.2, 0.25) is 0 Å². The van der Waals surface area contributed by atoms with E-state index in [2.05, 4.69) is 34.5 Å². The van der Waals surface area contributed by atoms with Gasteiger partial charge in [-0.1, -0.05) is 63.3 Å². The van der Waals surface area contributed by atoms with Gasteiger partial charge in [-0.05, 0) is 54.3 Å². The molecule has 0 atom stereocenters. The minimum absolute atomic E-state index is 0.155. The fraction of sp³-hybridized carbons (Fsp3) is 0.308. The van der Waals surface area contributed by atoms with E-state index in [0.717, 1.165) is 46.0 Å². The average molecular weight is 441 g/mol. The Kier molecular flexibility index (Phi) is 6.02. The van der Waals surface area contributed by atoms with Gasteiger partial charge in [-0.3, -0.25) is 0 Å². The van der Waals surface area contributed by atoms with Crippen molar-refractivity contribution in [2.75, 3.05) is 0 Å². The molecule has 0 fully saturated rings. The maximum absolute atomic E-state index is 10.3. The molecule has 7 nitrogen and oxygen atoms in total. The van der Waals surface area contributed by atoms with Crippen LogP contribution in [0.5, 0.6) is 5.75 Å². The Morgan fingerprint density at radius 2 is 1.67 bits per heavy atom. The maximum atomic E-state index is 10.3. The van der Waals surface area contributed by atoms with Gasteiger partial charge in [0.1, 0.15) is 33.5 Å². The quantitative estimate of drug-likeness (QED) is 0.276. The summed E-state index contributed by atoms with van der Waals surface area (Å²) in [7, 11) is 0. The number of hydrogen-bond donors (Lipinski definition) is 2. The second-order valence-electron chi connectivity index (χ2n) is 8.50. The van der Waals surface area contributed by atoms with E-state index in [-0.39, 0.29) is 5.75 Å². The normalized spacial score (nSPS) is 11.5. The van der Waals surface area contributed by atoms with Crippen molar-refractivity contribution in [3.63, 3.8) is 0 Å². The number of fused-ring (bicyclic) bond motifs is 2. The Balaban J connectivity index is 1.55. The van der Waals surface area contributed by atoms with Gasteiger partial charge in [0.25, 0.3) is 0 Å². The number of phenols is 1. The molecular weight excluding hydrogens is 412 g/mol. The number of phenolic OH excluding ortho intramolecular Hbond substituents is 1. The molecule has 33 heavy (non-hydrogen) atoms. The van der Waals surface area contributed by atoms with Crippen molar-refractivity contribution in [2.45, 2.75) is 51.9 Å². The third-order valence-electron chi connectivity index (χ3n) is 6.12. The molecule has 0 bridgehead atoms. The van der Waals surface area contributed by atoms with Crippen molar-refractivity contribution in [1.82, 2.24) is 30.4 Å². The number of benzene rings is 3. The molecule has 0 aliphatic heterocycles. The van der Waals surface area contributed by atoms with Gasteiger partial charge in [0.2, 0.25) is 0 Å². The molecular formula is C26H28N6O. The monoisotopic (exact) mass is 440 g/mol. The number of para-hydroxylation sites is 3. The second-order valence-corrected chi connectivity index (χ2v) is 8.50. The van der Waals surface area contributed by atoms with Crippen LogP contribution < -0.4 is 0 Å². The van der Waals surface area contributed by atoms with E-state index < -0.39 is 0 Å². The first-order chi connectivity index (χ1) is 16.2. The van der Waals surface area contributed by atoms with Crippen LogP contribution >= 0.6 is 0 Å². The first-order valence-electron chi connectivity index (χ1n) is 11.7. The first-order valence-corrected chi connectivity index (χ1v) is 11.7. The third-order valence-corrected chi connectivity index (χ3v) is 6.12. The highest BCUT2D eigenvalue weighted by molar-refractivity contribution is 5.94. The zero-order chi connectivity index (χ0) is 22.6. The molecule has 2 aromatic heterocycles. The van der Waals surface area contributed by atoms with Gasteiger partial charge in [0, 0.05) is 5.56 Å². The molecule has 5 rings (SSSR count). The largest absolute Gasteiger partial charge is 0.506 e. The SMILES string of the molecule is CCCCCCCCc1cc(-c2cccc3n[nH]nc23)cc2nn(-c3ccccc3O)nc12. The summed E-state index contributed by atoms with van der Waals surface area (Å²) in [5.74, 6) is 0.155. The summed E-state index contributed by atoms with van der Waals surface area (Å²) < 4.78 is 0. The van der Waals surface area contributed by atoms with Gasteiger partial charge in [0.15, 0.2) is 0 Å². The van der Waals surface area contributed by atoms with Crippen molar-refractivity contribution in [3.05, 3.63) is 60.2 Å². The Labute approximate surface area is 192 Å². The molecule has 0 aliphatic rings. The minimum atomic E-state index is 0.155. The number of aromatic nitrogens is 6. The number of aromatic hydroxyl groups is 1. The van der Waals surface area contributed by atoms with E-state index in [1.165, 1.54) is 42.5 Å². The Hall–Kier alpha value is -3.74. The number of hydrogen-bond acceptors (Lipinski definition) is 5. The van der Waals surface area contributed by atoms with Crippen LogP contribution in [0, 0.1) is 0 Å². The second kappa shape index (κ2) is 9.40. The molecule has 0 radical (unpaired) electrons. The molecule has 3 aromatic carbocycles. The zero-order valence-corrected chi connectivity index (χ0v) is 18.8. The predicted molar refractivity (Wildman–Crippen MR) is 130 cm³/mol. The Morgan fingerprint density at radius 1 is 0.818 bits per heavy atom. The first kappa shape index (κ1) is 21.1. The molecule has 0 spiro atoms. The number of unbranched alkanes of at least 4 members (excludes halogenated alkanes) is 5. The minimum Gasteiger partial charge on any atom is -0.506 e. The fourth-order valence-corrected chi connectivity index (χ4v) is 4.37. The van der Waals surface area contributed by atoms with E-state index in [0.29, 0.717) is 5.69 Å². The summed E-state index contributed by atoms with van der Waals surface area (Å²) in [5.41, 5.74) is 7.16. The van der Waals surface area contributed by atoms with Gasteiger partial charge in [0.05, 0.1) is 0 Å². The van der Waals surface area contributed by atoms with Gasteiger partial charge < -0.3 is 5.11 Å². The molecule has 0 saturated heterocycles. The number of H-pyrrole nitrogens is 1. The smallest absolute Gasteiger partial charge is 0.143 e. The summed E-state index contributed by atoms with van der Waals surface area (Å²) >= 11 is 0. The lowest BCUT2D eigenvalue weighted by molar-refractivity contribution is 0.468. The molecule has 168 valence electrons. The van der Waals surface area contributed by atoms with E-state index in [9.17, 15) is 5.11 Å². The number of rotatable bonds is 9. The summed E-state index contributed by atoms with van der Waals surface area (Å²) in [5, 5.41) is 31.1. The topological polar surface area (TPSA) is 92.5 Å². The van der Waals surface area contributed by atoms with Crippen molar-refractivity contribution in [2.24, 2.45) is 0 Å². The summed E-state index contributed by atoms with van der Waals surface area (Å²) in [4.78, 5) is 1.53. The zero-order valence-electron chi connectivity index (χ0n) is 18.8. The molecule has 0 amide bonds. The van der Waals surface area contributed by atoms with Crippen LogP contribution in [0.4, 0.5) is 0 Å². The number of nitrogens with one attached hydrogen (secondary N) is 1. The van der Waals surface area contributed by atoms with E-state index in [4.69, 9.17) is 10.2 Å². The molecule has 5 aromatic rings. The highest BCUT2D eigenvalue weighted by atomic mass is 16.3. The highest BCUT2D eigenvalue weighted by Crippen LogP contribution is 2.32. The number of nitrogens with zero attached hydrogens (tertiary/aromatic N) is 5. The molecule has 7 heteroatoms. The van der Waals surface area contributed by atoms with Crippen LogP contribution in [0.1, 0.15) is 51.0 Å². The van der Waals surface area contributed by atoms with E-state index in [1.807, 2.05) is 30.3 Å².